The molecule has 2 saturated carbocycles. The average Bonchev–Trinajstić information content (AvgIpc) is 3.21. The van der Waals surface area contributed by atoms with E-state index in [1.807, 2.05) is 12.1 Å². The van der Waals surface area contributed by atoms with Gasteiger partial charge in [0.25, 0.3) is 0 Å². The van der Waals surface area contributed by atoms with Crippen molar-refractivity contribution in [2.75, 3.05) is 6.61 Å². The number of amides is 1. The number of ether oxygens (including phenoxy) is 1. The first-order chi connectivity index (χ1) is 11.3. The first kappa shape index (κ1) is 14.6. The molecule has 2 N–H and O–H groups in total. The van der Waals surface area contributed by atoms with Crippen LogP contribution in [0.15, 0.2) is 24.4 Å². The summed E-state index contributed by atoms with van der Waals surface area (Å²) in [6, 6.07) is 6.62. The Hall–Kier alpha value is -1.97. The minimum atomic E-state index is 0.158. The summed E-state index contributed by atoms with van der Waals surface area (Å²) in [6.45, 7) is 0.590. The van der Waals surface area contributed by atoms with Crippen LogP contribution in [0.1, 0.15) is 56.4 Å². The van der Waals surface area contributed by atoms with Gasteiger partial charge in [-0.3, -0.25) is 4.79 Å². The molecule has 4 rings (SSSR count). The molecule has 23 heavy (non-hydrogen) atoms. The molecule has 0 unspecified atom stereocenters. The zero-order chi connectivity index (χ0) is 15.6. The second-order valence-corrected chi connectivity index (χ2v) is 6.84. The van der Waals surface area contributed by atoms with Gasteiger partial charge >= 0.3 is 0 Å². The third-order valence-corrected chi connectivity index (χ3v) is 4.99. The minimum Gasteiger partial charge on any atom is -0.493 e. The number of rotatable bonds is 7. The summed E-state index contributed by atoms with van der Waals surface area (Å²) in [4.78, 5) is 15.1. The van der Waals surface area contributed by atoms with Gasteiger partial charge in [-0.1, -0.05) is 12.5 Å². The summed E-state index contributed by atoms with van der Waals surface area (Å²) in [5.74, 6) is 1.79. The Balaban J connectivity index is 1.37. The van der Waals surface area contributed by atoms with Crippen LogP contribution in [0, 0.1) is 0 Å². The molecule has 4 nitrogen and oxygen atoms in total. The Morgan fingerprint density at radius 2 is 2.13 bits per heavy atom. The van der Waals surface area contributed by atoms with Crippen molar-refractivity contribution >= 4 is 16.8 Å². The summed E-state index contributed by atoms with van der Waals surface area (Å²) >= 11 is 0. The van der Waals surface area contributed by atoms with Crippen molar-refractivity contribution in [1.82, 2.24) is 10.3 Å². The lowest BCUT2D eigenvalue weighted by molar-refractivity contribution is -0.121. The molecule has 0 radical (unpaired) electrons. The third kappa shape index (κ3) is 3.21. The normalized spacial score (nSPS) is 17.9. The van der Waals surface area contributed by atoms with Gasteiger partial charge in [-0.2, -0.15) is 0 Å². The molecule has 2 aromatic rings. The van der Waals surface area contributed by atoms with Crippen molar-refractivity contribution in [1.29, 1.82) is 0 Å². The SMILES string of the molecule is O=C(CCCOc1cccc2[nH]cc(C3CCC3)c12)NC1CC1. The smallest absolute Gasteiger partial charge is 0.220 e. The van der Waals surface area contributed by atoms with Crippen LogP contribution < -0.4 is 10.1 Å². The highest BCUT2D eigenvalue weighted by atomic mass is 16.5. The van der Waals surface area contributed by atoms with E-state index in [2.05, 4.69) is 22.6 Å². The van der Waals surface area contributed by atoms with Crippen LogP contribution in [0.5, 0.6) is 5.75 Å². The van der Waals surface area contributed by atoms with Crippen LogP contribution in [-0.4, -0.2) is 23.5 Å². The van der Waals surface area contributed by atoms with E-state index in [-0.39, 0.29) is 5.91 Å². The molecule has 0 aliphatic heterocycles. The van der Waals surface area contributed by atoms with Crippen molar-refractivity contribution in [2.45, 2.75) is 56.9 Å². The largest absolute Gasteiger partial charge is 0.493 e. The molecule has 1 heterocycles. The van der Waals surface area contributed by atoms with E-state index < -0.39 is 0 Å². The predicted octanol–water partition coefficient (Wildman–Crippen LogP) is 3.87. The quantitative estimate of drug-likeness (QED) is 0.762. The van der Waals surface area contributed by atoms with Gasteiger partial charge in [0.2, 0.25) is 5.91 Å². The summed E-state index contributed by atoms with van der Waals surface area (Å²) in [7, 11) is 0. The number of H-pyrrole nitrogens is 1. The Kier molecular flexibility index (Phi) is 3.98. The van der Waals surface area contributed by atoms with Gasteiger partial charge in [-0.15, -0.1) is 0 Å². The van der Waals surface area contributed by atoms with E-state index in [4.69, 9.17) is 4.74 Å². The van der Waals surface area contributed by atoms with Crippen LogP contribution in [0.3, 0.4) is 0 Å². The number of benzene rings is 1. The number of carbonyl (C=O) groups is 1. The van der Waals surface area contributed by atoms with E-state index in [0.717, 1.165) is 30.5 Å². The maximum Gasteiger partial charge on any atom is 0.220 e. The Labute approximate surface area is 136 Å². The number of carbonyl (C=O) groups excluding carboxylic acids is 1. The Morgan fingerprint density at radius 1 is 1.26 bits per heavy atom. The van der Waals surface area contributed by atoms with Gasteiger partial charge < -0.3 is 15.0 Å². The maximum absolute atomic E-state index is 11.7. The topological polar surface area (TPSA) is 54.1 Å². The van der Waals surface area contributed by atoms with Crippen LogP contribution in [0.4, 0.5) is 0 Å². The van der Waals surface area contributed by atoms with Crippen molar-refractivity contribution in [2.24, 2.45) is 0 Å². The molecule has 2 aliphatic carbocycles. The zero-order valence-electron chi connectivity index (χ0n) is 13.4. The molecular weight excluding hydrogens is 288 g/mol. The van der Waals surface area contributed by atoms with Gasteiger partial charge in [0.15, 0.2) is 0 Å². The van der Waals surface area contributed by atoms with Crippen LogP contribution in [0.2, 0.25) is 0 Å². The molecule has 0 saturated heterocycles. The highest BCUT2D eigenvalue weighted by Crippen LogP contribution is 2.42. The number of aromatic nitrogens is 1. The molecule has 1 aromatic heterocycles. The van der Waals surface area contributed by atoms with Crippen molar-refractivity contribution in [3.8, 4) is 5.75 Å². The van der Waals surface area contributed by atoms with Gasteiger partial charge in [-0.25, -0.2) is 0 Å². The van der Waals surface area contributed by atoms with Gasteiger partial charge in [0.1, 0.15) is 5.75 Å². The number of nitrogens with one attached hydrogen (secondary N) is 2. The van der Waals surface area contributed by atoms with Crippen LogP contribution in [-0.2, 0) is 4.79 Å². The fourth-order valence-corrected chi connectivity index (χ4v) is 3.28. The molecular formula is C19H24N2O2. The van der Waals surface area contributed by atoms with E-state index in [1.165, 1.54) is 30.2 Å². The fraction of sp³-hybridized carbons (Fsp3) is 0.526. The highest BCUT2D eigenvalue weighted by Gasteiger charge is 2.24. The summed E-state index contributed by atoms with van der Waals surface area (Å²) in [6.07, 6.45) is 9.63. The molecule has 2 fully saturated rings. The first-order valence-electron chi connectivity index (χ1n) is 8.83. The predicted molar refractivity (Wildman–Crippen MR) is 90.8 cm³/mol. The van der Waals surface area contributed by atoms with E-state index >= 15 is 0 Å². The maximum atomic E-state index is 11.7. The molecule has 0 atom stereocenters. The summed E-state index contributed by atoms with van der Waals surface area (Å²) < 4.78 is 6.01. The van der Waals surface area contributed by atoms with Crippen molar-refractivity contribution in [3.63, 3.8) is 0 Å². The van der Waals surface area contributed by atoms with E-state index in [1.54, 1.807) is 0 Å². The number of hydrogen-bond acceptors (Lipinski definition) is 2. The molecule has 2 aliphatic rings. The molecule has 1 amide bonds. The average molecular weight is 312 g/mol. The molecule has 0 bridgehead atoms. The lowest BCUT2D eigenvalue weighted by atomic mass is 9.80. The standard InChI is InChI=1S/C19H24N2O2/c22-18(21-14-9-10-14)8-3-11-23-17-7-2-6-16-19(17)15(12-20-16)13-4-1-5-13/h2,6-7,12-14,20H,1,3-5,8-11H2,(H,21,22). The molecule has 0 spiro atoms. The first-order valence-corrected chi connectivity index (χ1v) is 8.83. The lowest BCUT2D eigenvalue weighted by Crippen LogP contribution is -2.25. The van der Waals surface area contributed by atoms with E-state index in [9.17, 15) is 4.79 Å². The second-order valence-electron chi connectivity index (χ2n) is 6.84. The van der Waals surface area contributed by atoms with E-state index in [0.29, 0.717) is 25.0 Å². The van der Waals surface area contributed by atoms with Gasteiger partial charge in [-0.05, 0) is 55.7 Å². The van der Waals surface area contributed by atoms with Gasteiger partial charge in [0.05, 0.1) is 6.61 Å². The van der Waals surface area contributed by atoms with Crippen LogP contribution in [0.25, 0.3) is 10.9 Å². The van der Waals surface area contributed by atoms with Crippen molar-refractivity contribution in [3.05, 3.63) is 30.0 Å². The zero-order valence-corrected chi connectivity index (χ0v) is 13.4. The highest BCUT2D eigenvalue weighted by molar-refractivity contribution is 5.90. The number of hydrogen-bond donors (Lipinski definition) is 2. The Morgan fingerprint density at radius 3 is 2.87 bits per heavy atom. The number of fused-ring (bicyclic) bond motifs is 1. The lowest BCUT2D eigenvalue weighted by Gasteiger charge is -2.25. The summed E-state index contributed by atoms with van der Waals surface area (Å²) in [5.41, 5.74) is 2.55. The minimum absolute atomic E-state index is 0.158. The third-order valence-electron chi connectivity index (χ3n) is 4.99. The summed E-state index contributed by atoms with van der Waals surface area (Å²) in [5, 5.41) is 4.25. The molecule has 122 valence electrons. The Bertz CT molecular complexity index is 698. The van der Waals surface area contributed by atoms with Crippen LogP contribution >= 0.6 is 0 Å². The molecule has 1 aromatic carbocycles. The number of aromatic amines is 1. The fourth-order valence-electron chi connectivity index (χ4n) is 3.28. The van der Waals surface area contributed by atoms with Gasteiger partial charge in [0, 0.05) is 29.6 Å². The molecule has 4 heteroatoms. The monoisotopic (exact) mass is 312 g/mol. The second kappa shape index (κ2) is 6.26. The van der Waals surface area contributed by atoms with Crippen molar-refractivity contribution < 1.29 is 9.53 Å².